The molecule has 1 aromatic carbocycles. The molecule has 0 unspecified atom stereocenters. The fraction of sp³-hybridized carbons (Fsp3) is 0.533. The molecule has 1 heterocycles. The summed E-state index contributed by atoms with van der Waals surface area (Å²) in [4.78, 5) is 15.4. The van der Waals surface area contributed by atoms with Crippen molar-refractivity contribution in [3.63, 3.8) is 0 Å². The van der Waals surface area contributed by atoms with Crippen LogP contribution in [0.3, 0.4) is 0 Å². The first-order chi connectivity index (χ1) is 9.10. The minimum absolute atomic E-state index is 0.0240. The summed E-state index contributed by atoms with van der Waals surface area (Å²) in [6, 6.07) is 8.34. The van der Waals surface area contributed by atoms with E-state index in [9.17, 15) is 4.79 Å². The van der Waals surface area contributed by atoms with Gasteiger partial charge in [0.2, 0.25) is 0 Å². The van der Waals surface area contributed by atoms with E-state index in [1.54, 1.807) is 11.8 Å². The lowest BCUT2D eigenvalue weighted by molar-refractivity contribution is 0.147. The summed E-state index contributed by atoms with van der Waals surface area (Å²) in [6.45, 7) is 5.19. The van der Waals surface area contributed by atoms with Gasteiger partial charge in [-0.1, -0.05) is 6.92 Å². The summed E-state index contributed by atoms with van der Waals surface area (Å²) in [5.74, 6) is 0.598. The van der Waals surface area contributed by atoms with Crippen molar-refractivity contribution >= 4 is 23.5 Å². The second-order valence-corrected chi connectivity index (χ2v) is 6.22. The molecule has 4 heteroatoms. The molecule has 0 spiro atoms. The maximum atomic E-state index is 12.3. The van der Waals surface area contributed by atoms with Gasteiger partial charge in [0.25, 0.3) is 0 Å². The van der Waals surface area contributed by atoms with Crippen molar-refractivity contribution in [2.75, 3.05) is 18.1 Å². The third-order valence-corrected chi connectivity index (χ3v) is 4.46. The summed E-state index contributed by atoms with van der Waals surface area (Å²) >= 11 is 1.70. The molecule has 1 aromatic rings. The van der Waals surface area contributed by atoms with Gasteiger partial charge in [0.15, 0.2) is 0 Å². The number of hydrogen-bond donors (Lipinski definition) is 1. The average Bonchev–Trinajstić information content (AvgIpc) is 2.42. The molecule has 1 aliphatic rings. The number of nitrogens with one attached hydrogen (secondary N) is 1. The van der Waals surface area contributed by atoms with Crippen LogP contribution in [0.4, 0.5) is 10.5 Å². The van der Waals surface area contributed by atoms with Crippen molar-refractivity contribution in [3.05, 3.63) is 24.3 Å². The number of anilines is 1. The van der Waals surface area contributed by atoms with Crippen LogP contribution >= 0.6 is 11.8 Å². The number of amides is 2. The first-order valence-corrected chi connectivity index (χ1v) is 8.04. The molecule has 2 atom stereocenters. The van der Waals surface area contributed by atoms with E-state index in [0.717, 1.165) is 18.7 Å². The Labute approximate surface area is 119 Å². The van der Waals surface area contributed by atoms with Gasteiger partial charge >= 0.3 is 6.03 Å². The molecule has 0 aliphatic carbocycles. The number of carbonyl (C=O) groups excluding carboxylic acids is 1. The Morgan fingerprint density at radius 3 is 2.58 bits per heavy atom. The predicted octanol–water partition coefficient (Wildman–Crippen LogP) is 4.06. The maximum Gasteiger partial charge on any atom is 0.322 e. The summed E-state index contributed by atoms with van der Waals surface area (Å²) in [5, 5.41) is 2.99. The molecule has 0 aromatic heterocycles. The normalized spacial score (nSPS) is 23.2. The summed E-state index contributed by atoms with van der Waals surface area (Å²) < 4.78 is 0. The van der Waals surface area contributed by atoms with Crippen LogP contribution in [0.2, 0.25) is 0 Å². The van der Waals surface area contributed by atoms with Crippen LogP contribution in [0.5, 0.6) is 0 Å². The van der Waals surface area contributed by atoms with Crippen LogP contribution in [0, 0.1) is 5.92 Å². The van der Waals surface area contributed by atoms with Crippen LogP contribution in [0.1, 0.15) is 26.7 Å². The third-order valence-electron chi connectivity index (χ3n) is 3.72. The zero-order valence-corrected chi connectivity index (χ0v) is 12.7. The predicted molar refractivity (Wildman–Crippen MR) is 81.8 cm³/mol. The molecular formula is C15H22N2OS. The second kappa shape index (κ2) is 6.33. The van der Waals surface area contributed by atoms with E-state index in [-0.39, 0.29) is 6.03 Å². The quantitative estimate of drug-likeness (QED) is 0.827. The molecule has 1 saturated heterocycles. The Morgan fingerprint density at radius 1 is 1.26 bits per heavy atom. The topological polar surface area (TPSA) is 32.3 Å². The molecule has 19 heavy (non-hydrogen) atoms. The highest BCUT2D eigenvalue weighted by atomic mass is 32.2. The molecule has 1 N–H and O–H groups in total. The highest BCUT2D eigenvalue weighted by Crippen LogP contribution is 2.23. The van der Waals surface area contributed by atoms with Crippen LogP contribution in [0.25, 0.3) is 0 Å². The van der Waals surface area contributed by atoms with Crippen LogP contribution in [-0.2, 0) is 0 Å². The van der Waals surface area contributed by atoms with Gasteiger partial charge in [-0.25, -0.2) is 4.79 Å². The monoisotopic (exact) mass is 278 g/mol. The number of rotatable bonds is 2. The SMILES string of the molecule is CSc1ccc(NC(=O)N2C[C@@H](C)CC[C@@H]2C)cc1. The Bertz CT molecular complexity index is 432. The van der Waals surface area contributed by atoms with E-state index in [1.165, 1.54) is 11.3 Å². The first kappa shape index (κ1) is 14.3. The van der Waals surface area contributed by atoms with Crippen molar-refractivity contribution in [2.24, 2.45) is 5.92 Å². The van der Waals surface area contributed by atoms with Crippen molar-refractivity contribution in [3.8, 4) is 0 Å². The lowest BCUT2D eigenvalue weighted by Gasteiger charge is -2.36. The van der Waals surface area contributed by atoms with Gasteiger partial charge in [-0.05, 0) is 56.2 Å². The van der Waals surface area contributed by atoms with Gasteiger partial charge in [-0.2, -0.15) is 0 Å². The maximum absolute atomic E-state index is 12.3. The largest absolute Gasteiger partial charge is 0.322 e. The Kier molecular flexibility index (Phi) is 4.75. The van der Waals surface area contributed by atoms with Crippen molar-refractivity contribution in [1.29, 1.82) is 0 Å². The number of carbonyl (C=O) groups is 1. The standard InChI is InChI=1S/C15H22N2OS/c1-11-4-5-12(2)17(10-11)15(18)16-13-6-8-14(19-3)9-7-13/h6-9,11-12H,4-5,10H2,1-3H3,(H,16,18)/t11-,12-/m0/s1. The van der Waals surface area contributed by atoms with Crippen LogP contribution in [0.15, 0.2) is 29.2 Å². The first-order valence-electron chi connectivity index (χ1n) is 6.82. The number of benzene rings is 1. The zero-order valence-electron chi connectivity index (χ0n) is 11.8. The van der Waals surface area contributed by atoms with E-state index < -0.39 is 0 Å². The highest BCUT2D eigenvalue weighted by molar-refractivity contribution is 7.98. The lowest BCUT2D eigenvalue weighted by atomic mass is 9.95. The van der Waals surface area contributed by atoms with Gasteiger partial charge in [0.1, 0.15) is 0 Å². The minimum Gasteiger partial charge on any atom is -0.322 e. The summed E-state index contributed by atoms with van der Waals surface area (Å²) in [6.07, 6.45) is 4.36. The van der Waals surface area contributed by atoms with Gasteiger partial charge in [0, 0.05) is 23.2 Å². The Morgan fingerprint density at radius 2 is 1.95 bits per heavy atom. The number of urea groups is 1. The van der Waals surface area contributed by atoms with E-state index in [4.69, 9.17) is 0 Å². The molecule has 2 rings (SSSR count). The number of nitrogens with zero attached hydrogens (tertiary/aromatic N) is 1. The number of hydrogen-bond acceptors (Lipinski definition) is 2. The molecule has 1 fully saturated rings. The van der Waals surface area contributed by atoms with E-state index >= 15 is 0 Å². The molecule has 0 saturated carbocycles. The minimum atomic E-state index is 0.0240. The van der Waals surface area contributed by atoms with Crippen LogP contribution in [-0.4, -0.2) is 29.8 Å². The molecule has 0 radical (unpaired) electrons. The molecule has 3 nitrogen and oxygen atoms in total. The van der Waals surface area contributed by atoms with Crippen LogP contribution < -0.4 is 5.32 Å². The number of likely N-dealkylation sites (tertiary alicyclic amines) is 1. The van der Waals surface area contributed by atoms with Gasteiger partial charge in [-0.15, -0.1) is 11.8 Å². The highest BCUT2D eigenvalue weighted by Gasteiger charge is 2.26. The fourth-order valence-corrected chi connectivity index (χ4v) is 2.85. The second-order valence-electron chi connectivity index (χ2n) is 5.34. The lowest BCUT2D eigenvalue weighted by Crippen LogP contribution is -2.46. The van der Waals surface area contributed by atoms with Gasteiger partial charge in [0.05, 0.1) is 0 Å². The smallest absolute Gasteiger partial charge is 0.322 e. The zero-order chi connectivity index (χ0) is 13.8. The van der Waals surface area contributed by atoms with Crippen molar-refractivity contribution < 1.29 is 4.79 Å². The summed E-state index contributed by atoms with van der Waals surface area (Å²) in [5.41, 5.74) is 0.869. The third kappa shape index (κ3) is 3.66. The van der Waals surface area contributed by atoms with E-state index in [1.807, 2.05) is 35.4 Å². The molecule has 104 valence electrons. The Balaban J connectivity index is 1.99. The van der Waals surface area contributed by atoms with Gasteiger partial charge < -0.3 is 10.2 Å². The Hall–Kier alpha value is -1.16. The molecular weight excluding hydrogens is 256 g/mol. The number of thioether (sulfide) groups is 1. The number of piperidine rings is 1. The average molecular weight is 278 g/mol. The van der Waals surface area contributed by atoms with Crippen molar-refractivity contribution in [2.45, 2.75) is 37.6 Å². The van der Waals surface area contributed by atoms with Crippen molar-refractivity contribution in [1.82, 2.24) is 4.90 Å². The van der Waals surface area contributed by atoms with E-state index in [2.05, 4.69) is 19.2 Å². The fourth-order valence-electron chi connectivity index (χ4n) is 2.44. The molecule has 0 bridgehead atoms. The summed E-state index contributed by atoms with van der Waals surface area (Å²) in [7, 11) is 0. The molecule has 2 amide bonds. The van der Waals surface area contributed by atoms with E-state index in [0.29, 0.717) is 12.0 Å². The molecule has 1 aliphatic heterocycles. The van der Waals surface area contributed by atoms with Gasteiger partial charge in [-0.3, -0.25) is 0 Å².